The number of anilines is 1. The van der Waals surface area contributed by atoms with Crippen LogP contribution in [0.4, 0.5) is 5.69 Å². The van der Waals surface area contributed by atoms with Crippen molar-refractivity contribution in [3.63, 3.8) is 0 Å². The van der Waals surface area contributed by atoms with Gasteiger partial charge in [-0.1, -0.05) is 6.07 Å². The average Bonchev–Trinajstić information content (AvgIpc) is 2.61. The van der Waals surface area contributed by atoms with Gasteiger partial charge in [0.1, 0.15) is 0 Å². The summed E-state index contributed by atoms with van der Waals surface area (Å²) in [5.41, 5.74) is 0.777. The second-order valence-corrected chi connectivity index (χ2v) is 7.46. The van der Waals surface area contributed by atoms with Gasteiger partial charge in [-0.15, -0.1) is 0 Å². The van der Waals surface area contributed by atoms with Crippen LogP contribution in [0.5, 0.6) is 11.5 Å². The molecule has 0 aliphatic rings. The highest BCUT2D eigenvalue weighted by Gasteiger charge is 2.18. The lowest BCUT2D eigenvalue weighted by Crippen LogP contribution is -2.22. The minimum absolute atomic E-state index is 0.148. The highest BCUT2D eigenvalue weighted by Crippen LogP contribution is 2.31. The Bertz CT molecular complexity index is 861. The summed E-state index contributed by atoms with van der Waals surface area (Å²) in [6, 6.07) is 10.9. The summed E-state index contributed by atoms with van der Waals surface area (Å²) in [5.74, 6) is 0.385. The monoisotopic (exact) mass is 364 g/mol. The van der Waals surface area contributed by atoms with Crippen LogP contribution >= 0.6 is 0 Å². The molecule has 0 fully saturated rings. The topological polar surface area (TPSA) is 84.9 Å². The van der Waals surface area contributed by atoms with E-state index in [-0.39, 0.29) is 10.8 Å². The molecule has 0 saturated carbocycles. The van der Waals surface area contributed by atoms with E-state index in [2.05, 4.69) is 5.32 Å². The van der Waals surface area contributed by atoms with Crippen LogP contribution in [0.15, 0.2) is 47.4 Å². The Balaban J connectivity index is 2.25. The van der Waals surface area contributed by atoms with Crippen LogP contribution in [-0.2, 0) is 10.0 Å². The smallest absolute Gasteiger partial charge is 0.259 e. The molecule has 1 amide bonds. The first-order chi connectivity index (χ1) is 11.8. The lowest BCUT2D eigenvalue weighted by Gasteiger charge is -2.13. The van der Waals surface area contributed by atoms with Crippen LogP contribution in [0.2, 0.25) is 0 Å². The van der Waals surface area contributed by atoms with Crippen molar-refractivity contribution in [1.29, 1.82) is 0 Å². The predicted molar refractivity (Wildman–Crippen MR) is 94.8 cm³/mol. The molecule has 134 valence electrons. The molecule has 0 atom stereocenters. The maximum Gasteiger partial charge on any atom is 0.259 e. The lowest BCUT2D eigenvalue weighted by molar-refractivity contribution is 0.102. The van der Waals surface area contributed by atoms with E-state index in [1.54, 1.807) is 18.2 Å². The van der Waals surface area contributed by atoms with Gasteiger partial charge in [-0.3, -0.25) is 4.79 Å². The fourth-order valence-electron chi connectivity index (χ4n) is 2.19. The number of nitrogens with one attached hydrogen (secondary N) is 1. The molecule has 8 heteroatoms. The number of hydrogen-bond acceptors (Lipinski definition) is 5. The molecule has 25 heavy (non-hydrogen) atoms. The van der Waals surface area contributed by atoms with Crippen molar-refractivity contribution < 1.29 is 22.7 Å². The Kier molecular flexibility index (Phi) is 5.66. The molecule has 0 unspecified atom stereocenters. The number of hydrogen-bond donors (Lipinski definition) is 1. The van der Waals surface area contributed by atoms with Gasteiger partial charge in [0, 0.05) is 19.8 Å². The van der Waals surface area contributed by atoms with Crippen molar-refractivity contribution in [3.8, 4) is 11.5 Å². The molecule has 0 aromatic heterocycles. The summed E-state index contributed by atoms with van der Waals surface area (Å²) >= 11 is 0. The minimum atomic E-state index is -3.51. The number of benzene rings is 2. The highest BCUT2D eigenvalue weighted by molar-refractivity contribution is 7.89. The molecule has 2 aromatic carbocycles. The Labute approximate surface area is 147 Å². The van der Waals surface area contributed by atoms with E-state index in [0.717, 1.165) is 4.31 Å². The zero-order valence-corrected chi connectivity index (χ0v) is 15.3. The number of nitrogens with zero attached hydrogens (tertiary/aromatic N) is 1. The van der Waals surface area contributed by atoms with Gasteiger partial charge in [-0.25, -0.2) is 12.7 Å². The van der Waals surface area contributed by atoms with Crippen molar-refractivity contribution in [2.75, 3.05) is 33.6 Å². The molecule has 2 rings (SSSR count). The summed E-state index contributed by atoms with van der Waals surface area (Å²) in [6.07, 6.45) is 0. The van der Waals surface area contributed by atoms with Gasteiger partial charge in [0.2, 0.25) is 10.0 Å². The van der Waals surface area contributed by atoms with Crippen LogP contribution in [0.25, 0.3) is 0 Å². The zero-order chi connectivity index (χ0) is 18.6. The number of carbonyl (C=O) groups is 1. The van der Waals surface area contributed by atoms with Gasteiger partial charge < -0.3 is 14.8 Å². The van der Waals surface area contributed by atoms with Crippen LogP contribution in [0.1, 0.15) is 10.4 Å². The molecule has 0 radical (unpaired) electrons. The number of ether oxygens (including phenoxy) is 2. The fraction of sp³-hybridized carbons (Fsp3) is 0.235. The molecule has 0 saturated heterocycles. The molecule has 1 N–H and O–H groups in total. The summed E-state index contributed by atoms with van der Waals surface area (Å²) in [4.78, 5) is 12.6. The quantitative estimate of drug-likeness (QED) is 0.849. The Morgan fingerprint density at radius 1 is 1.00 bits per heavy atom. The van der Waals surface area contributed by atoms with Gasteiger partial charge in [0.15, 0.2) is 11.5 Å². The SMILES string of the molecule is COc1cccc(C(=O)Nc2ccc(S(=O)(=O)N(C)C)cc2)c1OC. The molecule has 0 aliphatic carbocycles. The van der Waals surface area contributed by atoms with Crippen LogP contribution in [-0.4, -0.2) is 46.9 Å². The van der Waals surface area contributed by atoms with Gasteiger partial charge in [-0.2, -0.15) is 0 Å². The molecular weight excluding hydrogens is 344 g/mol. The molecule has 0 bridgehead atoms. The largest absolute Gasteiger partial charge is 0.493 e. The predicted octanol–water partition coefficient (Wildman–Crippen LogP) is 2.21. The molecule has 0 spiro atoms. The third-order valence-electron chi connectivity index (χ3n) is 3.54. The van der Waals surface area contributed by atoms with Crippen molar-refractivity contribution in [3.05, 3.63) is 48.0 Å². The van der Waals surface area contributed by atoms with Gasteiger partial charge in [0.05, 0.1) is 24.7 Å². The average molecular weight is 364 g/mol. The number of amides is 1. The van der Waals surface area contributed by atoms with Crippen molar-refractivity contribution in [2.45, 2.75) is 4.90 Å². The molecular formula is C17H20N2O5S. The van der Waals surface area contributed by atoms with E-state index in [4.69, 9.17) is 9.47 Å². The second kappa shape index (κ2) is 7.54. The van der Waals surface area contributed by atoms with Crippen molar-refractivity contribution in [2.24, 2.45) is 0 Å². The second-order valence-electron chi connectivity index (χ2n) is 5.31. The van der Waals surface area contributed by atoms with Crippen LogP contribution < -0.4 is 14.8 Å². The maximum atomic E-state index is 12.5. The molecule has 7 nitrogen and oxygen atoms in total. The normalized spacial score (nSPS) is 11.2. The van der Waals surface area contributed by atoms with E-state index >= 15 is 0 Å². The van der Waals surface area contributed by atoms with Crippen molar-refractivity contribution in [1.82, 2.24) is 4.31 Å². The van der Waals surface area contributed by atoms with E-state index in [9.17, 15) is 13.2 Å². The number of rotatable bonds is 6. The fourth-order valence-corrected chi connectivity index (χ4v) is 3.09. The molecule has 2 aromatic rings. The van der Waals surface area contributed by atoms with Gasteiger partial charge in [0.25, 0.3) is 5.91 Å². The molecule has 0 aliphatic heterocycles. The molecule has 0 heterocycles. The third kappa shape index (κ3) is 3.92. The minimum Gasteiger partial charge on any atom is -0.493 e. The van der Waals surface area contributed by atoms with Gasteiger partial charge in [-0.05, 0) is 36.4 Å². The Hall–Kier alpha value is -2.58. The van der Waals surface area contributed by atoms with Crippen LogP contribution in [0.3, 0.4) is 0 Å². The first-order valence-corrected chi connectivity index (χ1v) is 8.80. The van der Waals surface area contributed by atoms with Crippen LogP contribution in [0, 0.1) is 0 Å². The summed E-state index contributed by atoms with van der Waals surface area (Å²) in [7, 11) is 2.35. The van der Waals surface area contributed by atoms with Crippen molar-refractivity contribution >= 4 is 21.6 Å². The van der Waals surface area contributed by atoms with Gasteiger partial charge >= 0.3 is 0 Å². The Morgan fingerprint density at radius 3 is 2.16 bits per heavy atom. The van der Waals surface area contributed by atoms with E-state index in [0.29, 0.717) is 22.7 Å². The zero-order valence-electron chi connectivity index (χ0n) is 14.4. The highest BCUT2D eigenvalue weighted by atomic mass is 32.2. The summed E-state index contributed by atoms with van der Waals surface area (Å²) in [6.45, 7) is 0. The number of carbonyl (C=O) groups excluding carboxylic acids is 1. The van der Waals surface area contributed by atoms with E-state index in [1.807, 2.05) is 0 Å². The number of sulfonamides is 1. The lowest BCUT2D eigenvalue weighted by atomic mass is 10.1. The Morgan fingerprint density at radius 2 is 1.64 bits per heavy atom. The number of para-hydroxylation sites is 1. The number of methoxy groups -OCH3 is 2. The van der Waals surface area contributed by atoms with E-state index < -0.39 is 10.0 Å². The first-order valence-electron chi connectivity index (χ1n) is 7.36. The summed E-state index contributed by atoms with van der Waals surface area (Å²) < 4.78 is 35.6. The van der Waals surface area contributed by atoms with E-state index in [1.165, 1.54) is 52.6 Å². The maximum absolute atomic E-state index is 12.5. The first kappa shape index (κ1) is 18.8. The third-order valence-corrected chi connectivity index (χ3v) is 5.37. The summed E-state index contributed by atoms with van der Waals surface area (Å²) in [5, 5.41) is 2.71. The standard InChI is InChI=1S/C17H20N2O5S/c1-19(2)25(21,22)13-10-8-12(9-11-13)18-17(20)14-6-5-7-15(23-3)16(14)24-4/h5-11H,1-4H3,(H,18,20).